The van der Waals surface area contributed by atoms with E-state index >= 15 is 0 Å². The van der Waals surface area contributed by atoms with Gasteiger partial charge in [0.2, 0.25) is 0 Å². The average molecular weight is 414 g/mol. The summed E-state index contributed by atoms with van der Waals surface area (Å²) in [6.45, 7) is 7.44. The van der Waals surface area contributed by atoms with Crippen LogP contribution in [0.1, 0.15) is 26.3 Å². The summed E-state index contributed by atoms with van der Waals surface area (Å²) in [5.74, 6) is 1.96. The summed E-state index contributed by atoms with van der Waals surface area (Å²) in [6.07, 6.45) is 1.86. The van der Waals surface area contributed by atoms with Crippen molar-refractivity contribution in [2.75, 3.05) is 18.1 Å². The summed E-state index contributed by atoms with van der Waals surface area (Å²) >= 11 is 6.74. The van der Waals surface area contributed by atoms with Crippen molar-refractivity contribution in [1.82, 2.24) is 0 Å². The predicted octanol–water partition coefficient (Wildman–Crippen LogP) is 5.53. The summed E-state index contributed by atoms with van der Waals surface area (Å²) in [7, 11) is 0. The molecule has 0 spiro atoms. The first-order valence-corrected chi connectivity index (χ1v) is 10.4. The van der Waals surface area contributed by atoms with E-state index in [1.54, 1.807) is 4.90 Å². The van der Waals surface area contributed by atoms with Crippen LogP contribution in [-0.2, 0) is 4.79 Å². The molecule has 0 aromatic heterocycles. The first-order valence-electron chi connectivity index (χ1n) is 9.21. The quantitative estimate of drug-likeness (QED) is 0.441. The molecule has 0 N–H and O–H groups in total. The maximum absolute atomic E-state index is 12.9. The molecule has 1 heterocycles. The van der Waals surface area contributed by atoms with Crippen LogP contribution in [0.25, 0.3) is 6.08 Å². The molecule has 1 aliphatic heterocycles. The van der Waals surface area contributed by atoms with E-state index in [2.05, 4.69) is 13.8 Å². The van der Waals surface area contributed by atoms with Crippen LogP contribution in [0.2, 0.25) is 0 Å². The van der Waals surface area contributed by atoms with Crippen LogP contribution in [0.4, 0.5) is 5.69 Å². The highest BCUT2D eigenvalue weighted by atomic mass is 32.2. The molecule has 0 saturated carbocycles. The Balaban J connectivity index is 1.73. The zero-order chi connectivity index (χ0) is 20.1. The number of hydrogen-bond acceptors (Lipinski definition) is 5. The molecule has 0 radical (unpaired) electrons. The fourth-order valence-corrected chi connectivity index (χ4v) is 3.92. The van der Waals surface area contributed by atoms with Gasteiger partial charge in [-0.25, -0.2) is 0 Å². The van der Waals surface area contributed by atoms with Crippen molar-refractivity contribution >= 4 is 46.0 Å². The standard InChI is InChI=1S/C22H23NO3S2/c1-4-25-18-11-7-17(8-12-18)23-21(24)20(28-22(23)27)13-16-5-9-19(10-6-16)26-14-15(2)3/h5-13,15H,4,14H2,1-3H3/b20-13-. The molecule has 0 bridgehead atoms. The number of carbonyl (C=O) groups is 1. The summed E-state index contributed by atoms with van der Waals surface area (Å²) in [6, 6.07) is 15.1. The third-order valence-electron chi connectivity index (χ3n) is 3.96. The molecule has 0 aliphatic carbocycles. The minimum absolute atomic E-state index is 0.112. The number of carbonyl (C=O) groups excluding carboxylic acids is 1. The average Bonchev–Trinajstić information content (AvgIpc) is 2.95. The van der Waals surface area contributed by atoms with Gasteiger partial charge in [0, 0.05) is 0 Å². The molecule has 3 rings (SSSR count). The molecule has 2 aromatic rings. The van der Waals surface area contributed by atoms with Crippen LogP contribution in [-0.4, -0.2) is 23.4 Å². The molecule has 0 unspecified atom stereocenters. The van der Waals surface area contributed by atoms with Gasteiger partial charge in [0.1, 0.15) is 11.5 Å². The van der Waals surface area contributed by atoms with Crippen LogP contribution in [0.15, 0.2) is 53.4 Å². The van der Waals surface area contributed by atoms with Gasteiger partial charge in [0.25, 0.3) is 5.91 Å². The molecule has 0 atom stereocenters. The van der Waals surface area contributed by atoms with Crippen LogP contribution in [0, 0.1) is 5.92 Å². The topological polar surface area (TPSA) is 38.8 Å². The number of nitrogens with zero attached hydrogens (tertiary/aromatic N) is 1. The SMILES string of the molecule is CCOc1ccc(N2C(=O)/C(=C/c3ccc(OCC(C)C)cc3)SC2=S)cc1. The van der Waals surface area contributed by atoms with E-state index in [0.717, 1.165) is 22.7 Å². The fourth-order valence-electron chi connectivity index (χ4n) is 2.62. The minimum atomic E-state index is -0.112. The third-order valence-corrected chi connectivity index (χ3v) is 5.26. The first-order chi connectivity index (χ1) is 13.5. The lowest BCUT2D eigenvalue weighted by Gasteiger charge is -2.15. The molecule has 2 aromatic carbocycles. The van der Waals surface area contributed by atoms with Crippen molar-refractivity contribution in [3.63, 3.8) is 0 Å². The Labute approximate surface area is 175 Å². The van der Waals surface area contributed by atoms with Gasteiger partial charge in [-0.3, -0.25) is 9.69 Å². The second kappa shape index (κ2) is 9.26. The molecular formula is C22H23NO3S2. The zero-order valence-electron chi connectivity index (χ0n) is 16.2. The maximum Gasteiger partial charge on any atom is 0.270 e. The van der Waals surface area contributed by atoms with Crippen molar-refractivity contribution in [2.45, 2.75) is 20.8 Å². The van der Waals surface area contributed by atoms with E-state index in [0.29, 0.717) is 28.4 Å². The largest absolute Gasteiger partial charge is 0.494 e. The van der Waals surface area contributed by atoms with Gasteiger partial charge in [-0.05, 0) is 60.9 Å². The Bertz CT molecular complexity index is 874. The molecule has 1 saturated heterocycles. The summed E-state index contributed by atoms with van der Waals surface area (Å²) < 4.78 is 11.7. The Kier molecular flexibility index (Phi) is 6.75. The predicted molar refractivity (Wildman–Crippen MR) is 120 cm³/mol. The number of rotatable bonds is 7. The van der Waals surface area contributed by atoms with Crippen molar-refractivity contribution in [3.05, 3.63) is 59.0 Å². The number of amides is 1. The molecule has 1 aliphatic rings. The minimum Gasteiger partial charge on any atom is -0.494 e. The van der Waals surface area contributed by atoms with Crippen molar-refractivity contribution in [3.8, 4) is 11.5 Å². The Morgan fingerprint density at radius 1 is 1.04 bits per heavy atom. The Morgan fingerprint density at radius 3 is 2.25 bits per heavy atom. The van der Waals surface area contributed by atoms with Crippen LogP contribution < -0.4 is 14.4 Å². The molecule has 28 heavy (non-hydrogen) atoms. The molecule has 6 heteroatoms. The van der Waals surface area contributed by atoms with E-state index in [1.165, 1.54) is 11.8 Å². The second-order valence-electron chi connectivity index (χ2n) is 6.72. The van der Waals surface area contributed by atoms with Gasteiger partial charge in [-0.2, -0.15) is 0 Å². The first kappa shape index (κ1) is 20.4. The number of thioether (sulfide) groups is 1. The van der Waals surface area contributed by atoms with Gasteiger partial charge in [0.15, 0.2) is 4.32 Å². The lowest BCUT2D eigenvalue weighted by atomic mass is 10.2. The lowest BCUT2D eigenvalue weighted by molar-refractivity contribution is -0.113. The summed E-state index contributed by atoms with van der Waals surface area (Å²) in [5, 5.41) is 0. The van der Waals surface area contributed by atoms with Gasteiger partial charge in [-0.1, -0.05) is 50.0 Å². The smallest absolute Gasteiger partial charge is 0.270 e. The molecule has 1 fully saturated rings. The van der Waals surface area contributed by atoms with Crippen molar-refractivity contribution < 1.29 is 14.3 Å². The lowest BCUT2D eigenvalue weighted by Crippen LogP contribution is -2.27. The van der Waals surface area contributed by atoms with E-state index in [4.69, 9.17) is 21.7 Å². The third kappa shape index (κ3) is 4.94. The molecule has 146 valence electrons. The zero-order valence-corrected chi connectivity index (χ0v) is 17.8. The molecule has 4 nitrogen and oxygen atoms in total. The van der Waals surface area contributed by atoms with Gasteiger partial charge < -0.3 is 9.47 Å². The monoisotopic (exact) mass is 413 g/mol. The summed E-state index contributed by atoms with van der Waals surface area (Å²) in [5.41, 5.74) is 1.68. The number of anilines is 1. The van der Waals surface area contributed by atoms with Gasteiger partial charge in [-0.15, -0.1) is 0 Å². The van der Waals surface area contributed by atoms with E-state index in [-0.39, 0.29) is 5.91 Å². The van der Waals surface area contributed by atoms with Crippen molar-refractivity contribution in [1.29, 1.82) is 0 Å². The van der Waals surface area contributed by atoms with E-state index in [1.807, 2.05) is 61.5 Å². The maximum atomic E-state index is 12.9. The highest BCUT2D eigenvalue weighted by Gasteiger charge is 2.33. The normalized spacial score (nSPS) is 15.6. The Hall–Kier alpha value is -2.31. The van der Waals surface area contributed by atoms with Gasteiger partial charge in [0.05, 0.1) is 23.8 Å². The van der Waals surface area contributed by atoms with Crippen molar-refractivity contribution in [2.24, 2.45) is 5.92 Å². The van der Waals surface area contributed by atoms with Crippen LogP contribution in [0.5, 0.6) is 11.5 Å². The van der Waals surface area contributed by atoms with E-state index < -0.39 is 0 Å². The van der Waals surface area contributed by atoms with Gasteiger partial charge >= 0.3 is 0 Å². The number of hydrogen-bond donors (Lipinski definition) is 0. The molecule has 1 amide bonds. The highest BCUT2D eigenvalue weighted by Crippen LogP contribution is 2.36. The van der Waals surface area contributed by atoms with Crippen LogP contribution >= 0.6 is 24.0 Å². The number of ether oxygens (including phenoxy) is 2. The second-order valence-corrected chi connectivity index (χ2v) is 8.39. The van der Waals surface area contributed by atoms with E-state index in [9.17, 15) is 4.79 Å². The molecular weight excluding hydrogens is 390 g/mol. The Morgan fingerprint density at radius 2 is 1.64 bits per heavy atom. The fraction of sp³-hybridized carbons (Fsp3) is 0.273. The number of benzene rings is 2. The summed E-state index contributed by atoms with van der Waals surface area (Å²) in [4.78, 5) is 15.0. The number of thiocarbonyl (C=S) groups is 1. The van der Waals surface area contributed by atoms with Crippen LogP contribution in [0.3, 0.4) is 0 Å². The highest BCUT2D eigenvalue weighted by molar-refractivity contribution is 8.27.